The molecule has 2 bridgehead atoms. The maximum atomic E-state index is 12.2. The van der Waals surface area contributed by atoms with Gasteiger partial charge in [-0.05, 0) is 66.6 Å². The predicted octanol–water partition coefficient (Wildman–Crippen LogP) is 6.21. The zero-order valence-corrected chi connectivity index (χ0v) is 25.1. The third-order valence-corrected chi connectivity index (χ3v) is 9.14. The minimum Gasteiger partial charge on any atom is -0.497 e. The average molecular weight is 591 g/mol. The summed E-state index contributed by atoms with van der Waals surface area (Å²) < 4.78 is 5.36. The molecule has 3 N–H and O–H groups in total. The summed E-state index contributed by atoms with van der Waals surface area (Å²) in [6, 6.07) is 26.2. The van der Waals surface area contributed by atoms with Gasteiger partial charge in [0.2, 0.25) is 5.88 Å². The Hall–Kier alpha value is -4.53. The van der Waals surface area contributed by atoms with Gasteiger partial charge in [-0.15, -0.1) is 0 Å². The van der Waals surface area contributed by atoms with Crippen molar-refractivity contribution >= 4 is 10.9 Å². The van der Waals surface area contributed by atoms with Gasteiger partial charge in [0.25, 0.3) is 5.56 Å². The molecule has 5 heterocycles. The number of pyridine rings is 1. The van der Waals surface area contributed by atoms with Crippen LogP contribution in [0.5, 0.6) is 11.6 Å². The minimum atomic E-state index is -0.469. The molecule has 0 saturated carbocycles. The second-order valence-corrected chi connectivity index (χ2v) is 11.6. The number of rotatable bonds is 6. The van der Waals surface area contributed by atoms with E-state index >= 15 is 0 Å². The van der Waals surface area contributed by atoms with Gasteiger partial charge in [-0.2, -0.15) is 4.98 Å². The van der Waals surface area contributed by atoms with Crippen LogP contribution in [0.25, 0.3) is 33.4 Å². The molecule has 0 amide bonds. The van der Waals surface area contributed by atoms with Crippen LogP contribution in [0.2, 0.25) is 0 Å². The van der Waals surface area contributed by atoms with E-state index in [0.29, 0.717) is 11.4 Å². The number of piperidine rings is 3. The number of fused-ring (bicyclic) bond motifs is 4. The fourth-order valence-corrected chi connectivity index (χ4v) is 6.77. The Balaban J connectivity index is 0.000000159. The molecule has 3 fully saturated rings. The molecule has 0 spiro atoms. The maximum absolute atomic E-state index is 12.2. The molecule has 0 radical (unpaired) electrons. The zero-order valence-electron chi connectivity index (χ0n) is 25.1. The second kappa shape index (κ2) is 13.0. The van der Waals surface area contributed by atoms with Crippen LogP contribution >= 0.6 is 0 Å². The highest BCUT2D eigenvalue weighted by molar-refractivity contribution is 5.84. The quantitative estimate of drug-likeness (QED) is 0.216. The lowest BCUT2D eigenvalue weighted by molar-refractivity contribution is -0.0562. The Bertz CT molecular complexity index is 1780. The van der Waals surface area contributed by atoms with Crippen molar-refractivity contribution in [1.82, 2.24) is 19.9 Å². The number of nitrogens with one attached hydrogen (secondary N) is 1. The summed E-state index contributed by atoms with van der Waals surface area (Å²) in [5.74, 6) is 2.46. The Morgan fingerprint density at radius 1 is 1.02 bits per heavy atom. The van der Waals surface area contributed by atoms with Crippen molar-refractivity contribution in [1.29, 1.82) is 0 Å². The van der Waals surface area contributed by atoms with E-state index in [4.69, 9.17) is 4.74 Å². The highest BCUT2D eigenvalue weighted by Gasteiger charge is 2.42. The van der Waals surface area contributed by atoms with E-state index in [1.807, 2.05) is 60.7 Å². The summed E-state index contributed by atoms with van der Waals surface area (Å²) in [6.45, 7) is 4.55. The van der Waals surface area contributed by atoms with Crippen molar-refractivity contribution in [2.75, 3.05) is 20.2 Å². The number of aliphatic hydroxyl groups excluding tert-OH is 1. The predicted molar refractivity (Wildman–Crippen MR) is 173 cm³/mol. The number of aromatic nitrogens is 3. The van der Waals surface area contributed by atoms with Crippen LogP contribution in [0.15, 0.2) is 95.9 Å². The molecule has 3 aromatic carbocycles. The van der Waals surface area contributed by atoms with Gasteiger partial charge < -0.3 is 19.9 Å². The summed E-state index contributed by atoms with van der Waals surface area (Å²) in [6.07, 6.45) is 4.97. The molecule has 3 aliphatic heterocycles. The lowest BCUT2D eigenvalue weighted by Crippen LogP contribution is -2.55. The lowest BCUT2D eigenvalue weighted by atomic mass is 9.72. The van der Waals surface area contributed by atoms with Crippen molar-refractivity contribution in [3.8, 4) is 34.1 Å². The number of nitrogens with zero attached hydrogens (tertiary/aromatic N) is 3. The van der Waals surface area contributed by atoms with Gasteiger partial charge in [-0.25, -0.2) is 0 Å². The Kier molecular flexibility index (Phi) is 8.72. The van der Waals surface area contributed by atoms with Gasteiger partial charge in [0.05, 0.1) is 18.7 Å². The van der Waals surface area contributed by atoms with Crippen molar-refractivity contribution in [3.05, 3.63) is 107 Å². The molecule has 3 aliphatic rings. The van der Waals surface area contributed by atoms with E-state index in [9.17, 15) is 15.0 Å². The largest absolute Gasteiger partial charge is 0.497 e. The Labute approximate surface area is 257 Å². The highest BCUT2D eigenvalue weighted by Crippen LogP contribution is 2.42. The van der Waals surface area contributed by atoms with Gasteiger partial charge in [0.1, 0.15) is 17.1 Å². The lowest BCUT2D eigenvalue weighted by Gasteiger charge is -2.51. The smallest absolute Gasteiger partial charge is 0.262 e. The van der Waals surface area contributed by atoms with Gasteiger partial charge >= 0.3 is 0 Å². The number of ether oxygens (including phenoxy) is 1. The van der Waals surface area contributed by atoms with Gasteiger partial charge in [-0.1, -0.05) is 74.0 Å². The number of aliphatic hydroxyl groups is 1. The molecule has 2 aromatic heterocycles. The monoisotopic (exact) mass is 590 g/mol. The Morgan fingerprint density at radius 3 is 2.39 bits per heavy atom. The summed E-state index contributed by atoms with van der Waals surface area (Å²) in [5, 5.41) is 22.2. The maximum Gasteiger partial charge on any atom is 0.262 e. The summed E-state index contributed by atoms with van der Waals surface area (Å²) in [4.78, 5) is 25.9. The fraction of sp³-hybridized carbons (Fsp3) is 0.306. The number of H-pyrrole nitrogens is 1. The van der Waals surface area contributed by atoms with Crippen molar-refractivity contribution in [3.63, 3.8) is 0 Å². The highest BCUT2D eigenvalue weighted by atomic mass is 16.5. The summed E-state index contributed by atoms with van der Waals surface area (Å²) in [7, 11) is 1.67. The van der Waals surface area contributed by atoms with Crippen LogP contribution in [-0.2, 0) is 0 Å². The first kappa shape index (κ1) is 29.5. The van der Waals surface area contributed by atoms with Gasteiger partial charge in [0, 0.05) is 29.7 Å². The third-order valence-electron chi connectivity index (χ3n) is 9.14. The number of hydrogen-bond acceptors (Lipinski definition) is 7. The number of aromatic hydroxyl groups is 1. The van der Waals surface area contributed by atoms with E-state index < -0.39 is 6.10 Å². The van der Waals surface area contributed by atoms with Crippen molar-refractivity contribution < 1.29 is 14.9 Å². The standard InChI is InChI=1S/C20H26N2O2.C16H12N2O2/c1-3-13-12-22-9-7-14(13)10-19(22)20(23)16-6-8-21-18-5-4-15(24-2)11-17(16)18;19-15-13(11-7-3-1-4-8-11)16(20)18-14(17-15)12-9-5-2-6-10-12/h4-6,8,11,13-14,19-20,23H,3,7,9-10,12H2,1-2H3;1-10H,(H2,17,18,19,20)/t13-,14-,19-,20+;/m0./s1. The Morgan fingerprint density at radius 2 is 1.75 bits per heavy atom. The van der Waals surface area contributed by atoms with Crippen LogP contribution in [0.3, 0.4) is 0 Å². The normalized spacial score (nSPS) is 21.3. The molecular weight excluding hydrogens is 552 g/mol. The first-order valence-electron chi connectivity index (χ1n) is 15.3. The summed E-state index contributed by atoms with van der Waals surface area (Å²) >= 11 is 0. The number of hydrogen-bond donors (Lipinski definition) is 3. The molecule has 5 aromatic rings. The van der Waals surface area contributed by atoms with E-state index in [0.717, 1.165) is 59.1 Å². The minimum absolute atomic E-state index is 0.185. The molecule has 226 valence electrons. The van der Waals surface area contributed by atoms with Gasteiger partial charge in [0.15, 0.2) is 0 Å². The number of methoxy groups -OCH3 is 1. The molecule has 1 unspecified atom stereocenters. The zero-order chi connectivity index (χ0) is 30.6. The molecule has 8 heteroatoms. The van der Waals surface area contributed by atoms with E-state index in [-0.39, 0.29) is 23.0 Å². The van der Waals surface area contributed by atoms with Crippen LogP contribution in [0.4, 0.5) is 0 Å². The fourth-order valence-electron chi connectivity index (χ4n) is 6.77. The second-order valence-electron chi connectivity index (χ2n) is 11.6. The molecule has 8 rings (SSSR count). The molecule has 44 heavy (non-hydrogen) atoms. The van der Waals surface area contributed by atoms with Crippen LogP contribution in [0, 0.1) is 11.8 Å². The molecule has 8 nitrogen and oxygen atoms in total. The first-order valence-corrected chi connectivity index (χ1v) is 15.3. The van der Waals surface area contributed by atoms with Gasteiger partial charge in [-0.3, -0.25) is 14.7 Å². The molecule has 0 aliphatic carbocycles. The van der Waals surface area contributed by atoms with Crippen LogP contribution in [-0.4, -0.2) is 56.3 Å². The third kappa shape index (κ3) is 5.96. The molecular formula is C36H38N4O4. The van der Waals surface area contributed by atoms with Crippen molar-refractivity contribution in [2.45, 2.75) is 38.3 Å². The summed E-state index contributed by atoms with van der Waals surface area (Å²) in [5.41, 5.74) is 3.10. The molecule has 5 atom stereocenters. The SMILES string of the molecule is CC[C@H]1CN2CC[C@H]1C[C@H]2[C@H](O)c1ccnc2ccc(OC)cc12.O=c1[nH]c(-c2ccccc2)nc(O)c1-c1ccccc1. The average Bonchev–Trinajstić information content (AvgIpc) is 3.08. The van der Waals surface area contributed by atoms with E-state index in [1.54, 1.807) is 37.6 Å². The van der Waals surface area contributed by atoms with Crippen molar-refractivity contribution in [2.24, 2.45) is 11.8 Å². The molecule has 3 saturated heterocycles. The first-order chi connectivity index (χ1) is 21.5. The number of aromatic amines is 1. The van der Waals surface area contributed by atoms with Crippen LogP contribution in [0.1, 0.15) is 37.9 Å². The number of benzene rings is 3. The van der Waals surface area contributed by atoms with Crippen LogP contribution < -0.4 is 10.3 Å². The van der Waals surface area contributed by atoms with E-state index in [1.165, 1.54) is 12.8 Å². The topological polar surface area (TPSA) is 112 Å². The van der Waals surface area contributed by atoms with E-state index in [2.05, 4.69) is 26.8 Å².